The summed E-state index contributed by atoms with van der Waals surface area (Å²) >= 11 is 0. The van der Waals surface area contributed by atoms with Gasteiger partial charge in [0, 0.05) is 6.42 Å². The van der Waals surface area contributed by atoms with Gasteiger partial charge in [0.15, 0.2) is 0 Å². The second kappa shape index (κ2) is 7.60. The van der Waals surface area contributed by atoms with Crippen LogP contribution in [0, 0.1) is 5.41 Å². The van der Waals surface area contributed by atoms with Crippen molar-refractivity contribution in [3.05, 3.63) is 35.9 Å². The van der Waals surface area contributed by atoms with E-state index in [0.717, 1.165) is 19.3 Å². The third-order valence-corrected chi connectivity index (χ3v) is 4.83. The van der Waals surface area contributed by atoms with Crippen molar-refractivity contribution in [3.63, 3.8) is 0 Å². The number of benzene rings is 1. The Balaban J connectivity index is 1.96. The number of amides is 1. The second-order valence-electron chi connectivity index (χ2n) is 6.38. The molecule has 3 nitrogen and oxygen atoms in total. The van der Waals surface area contributed by atoms with Crippen molar-refractivity contribution in [1.82, 2.24) is 5.32 Å². The molecule has 1 unspecified atom stereocenters. The van der Waals surface area contributed by atoms with Gasteiger partial charge in [-0.1, -0.05) is 56.5 Å². The summed E-state index contributed by atoms with van der Waals surface area (Å²) < 4.78 is 0. The van der Waals surface area contributed by atoms with Crippen molar-refractivity contribution in [1.29, 1.82) is 0 Å². The lowest BCUT2D eigenvalue weighted by atomic mass is 9.71. The number of nitrogens with two attached hydrogens (primary N) is 1. The minimum Gasteiger partial charge on any atom is -0.349 e. The average Bonchev–Trinajstić information content (AvgIpc) is 2.54. The summed E-state index contributed by atoms with van der Waals surface area (Å²) in [5.74, 6) is 0.151. The molecule has 1 saturated carbocycles. The third-order valence-electron chi connectivity index (χ3n) is 4.83. The molecule has 0 aliphatic heterocycles. The first-order valence-corrected chi connectivity index (χ1v) is 8.23. The molecule has 0 spiro atoms. The number of carbonyl (C=O) groups is 1. The lowest BCUT2D eigenvalue weighted by Gasteiger charge is -2.36. The van der Waals surface area contributed by atoms with E-state index in [9.17, 15) is 4.79 Å². The molecule has 1 aromatic carbocycles. The lowest BCUT2D eigenvalue weighted by Crippen LogP contribution is -2.39. The van der Waals surface area contributed by atoms with Gasteiger partial charge < -0.3 is 11.1 Å². The maximum atomic E-state index is 12.5. The maximum Gasteiger partial charge on any atom is 0.221 e. The third kappa shape index (κ3) is 4.31. The van der Waals surface area contributed by atoms with Crippen LogP contribution in [-0.2, 0) is 4.79 Å². The topological polar surface area (TPSA) is 55.1 Å². The Morgan fingerprint density at radius 3 is 2.48 bits per heavy atom. The molecule has 1 aromatic rings. The predicted octanol–water partition coefficient (Wildman–Crippen LogP) is 3.55. The lowest BCUT2D eigenvalue weighted by molar-refractivity contribution is -0.124. The van der Waals surface area contributed by atoms with Crippen LogP contribution in [0.4, 0.5) is 0 Å². The standard InChI is InChI=1S/C18H28N2O/c1-2-16(15-9-5-3-6-10-15)20-17(21)13-18(14-19)11-7-4-8-12-18/h3,5-6,9-10,16H,2,4,7-8,11-14,19H2,1H3,(H,20,21). The van der Waals surface area contributed by atoms with E-state index in [2.05, 4.69) is 24.4 Å². The minimum atomic E-state index is 0.0390. The molecule has 21 heavy (non-hydrogen) atoms. The highest BCUT2D eigenvalue weighted by Gasteiger charge is 2.33. The summed E-state index contributed by atoms with van der Waals surface area (Å²) in [6, 6.07) is 10.3. The summed E-state index contributed by atoms with van der Waals surface area (Å²) in [5, 5.41) is 3.19. The number of nitrogens with one attached hydrogen (secondary N) is 1. The van der Waals surface area contributed by atoms with Crippen LogP contribution in [0.3, 0.4) is 0 Å². The van der Waals surface area contributed by atoms with Crippen molar-refractivity contribution in [3.8, 4) is 0 Å². The maximum absolute atomic E-state index is 12.5. The molecule has 0 saturated heterocycles. The van der Waals surface area contributed by atoms with Gasteiger partial charge in [-0.25, -0.2) is 0 Å². The van der Waals surface area contributed by atoms with E-state index in [1.54, 1.807) is 0 Å². The molecule has 2 rings (SSSR count). The molecule has 0 radical (unpaired) electrons. The molecule has 1 amide bonds. The smallest absolute Gasteiger partial charge is 0.221 e. The SMILES string of the molecule is CCC(NC(=O)CC1(CN)CCCCC1)c1ccccc1. The average molecular weight is 288 g/mol. The molecule has 3 heteroatoms. The molecule has 0 aromatic heterocycles. The molecular formula is C18H28N2O. The van der Waals surface area contributed by atoms with Crippen LogP contribution in [0.1, 0.15) is 63.5 Å². The van der Waals surface area contributed by atoms with Crippen LogP contribution < -0.4 is 11.1 Å². The Labute approximate surface area is 128 Å². The Bertz CT molecular complexity index is 438. The van der Waals surface area contributed by atoms with Gasteiger partial charge in [-0.05, 0) is 36.8 Å². The van der Waals surface area contributed by atoms with Crippen molar-refractivity contribution >= 4 is 5.91 Å². The van der Waals surface area contributed by atoms with Crippen LogP contribution in [0.5, 0.6) is 0 Å². The number of hydrogen-bond donors (Lipinski definition) is 2. The van der Waals surface area contributed by atoms with Gasteiger partial charge in [0.25, 0.3) is 0 Å². The van der Waals surface area contributed by atoms with Crippen LogP contribution in [0.25, 0.3) is 0 Å². The summed E-state index contributed by atoms with van der Waals surface area (Å²) in [6.45, 7) is 2.74. The Morgan fingerprint density at radius 1 is 1.24 bits per heavy atom. The largest absolute Gasteiger partial charge is 0.349 e. The number of carbonyl (C=O) groups excluding carboxylic acids is 1. The van der Waals surface area contributed by atoms with E-state index in [1.807, 2.05) is 18.2 Å². The molecule has 116 valence electrons. The molecule has 1 fully saturated rings. The van der Waals surface area contributed by atoms with Gasteiger partial charge in [0.05, 0.1) is 6.04 Å². The van der Waals surface area contributed by atoms with Crippen molar-refractivity contribution in [2.24, 2.45) is 11.1 Å². The highest BCUT2D eigenvalue weighted by Crippen LogP contribution is 2.38. The summed E-state index contributed by atoms with van der Waals surface area (Å²) in [4.78, 5) is 12.5. The zero-order chi connectivity index (χ0) is 15.1. The summed E-state index contributed by atoms with van der Waals surface area (Å²) in [5.41, 5.74) is 7.20. The Morgan fingerprint density at radius 2 is 1.90 bits per heavy atom. The fourth-order valence-corrected chi connectivity index (χ4v) is 3.45. The minimum absolute atomic E-state index is 0.0390. The zero-order valence-corrected chi connectivity index (χ0v) is 13.1. The van der Waals surface area contributed by atoms with E-state index in [4.69, 9.17) is 5.73 Å². The van der Waals surface area contributed by atoms with Gasteiger partial charge in [0.1, 0.15) is 0 Å². The van der Waals surface area contributed by atoms with E-state index in [-0.39, 0.29) is 17.4 Å². The Kier molecular flexibility index (Phi) is 5.80. The molecule has 1 aliphatic carbocycles. The van der Waals surface area contributed by atoms with Gasteiger partial charge >= 0.3 is 0 Å². The predicted molar refractivity (Wildman–Crippen MR) is 86.8 cm³/mol. The fraction of sp³-hybridized carbons (Fsp3) is 0.611. The fourth-order valence-electron chi connectivity index (χ4n) is 3.45. The van der Waals surface area contributed by atoms with Crippen LogP contribution in [-0.4, -0.2) is 12.5 Å². The number of hydrogen-bond acceptors (Lipinski definition) is 2. The van der Waals surface area contributed by atoms with Gasteiger partial charge in [-0.3, -0.25) is 4.79 Å². The van der Waals surface area contributed by atoms with Crippen LogP contribution >= 0.6 is 0 Å². The normalized spacial score (nSPS) is 19.0. The van der Waals surface area contributed by atoms with Gasteiger partial charge in [-0.2, -0.15) is 0 Å². The number of rotatable bonds is 6. The molecule has 1 aliphatic rings. The summed E-state index contributed by atoms with van der Waals surface area (Å²) in [7, 11) is 0. The zero-order valence-electron chi connectivity index (χ0n) is 13.1. The molecular weight excluding hydrogens is 260 g/mol. The molecule has 1 atom stereocenters. The Hall–Kier alpha value is -1.35. The molecule has 0 bridgehead atoms. The molecule has 3 N–H and O–H groups in total. The quantitative estimate of drug-likeness (QED) is 0.841. The summed E-state index contributed by atoms with van der Waals surface area (Å²) in [6.07, 6.45) is 7.38. The second-order valence-corrected chi connectivity index (χ2v) is 6.38. The van der Waals surface area contributed by atoms with Crippen molar-refractivity contribution < 1.29 is 4.79 Å². The first-order chi connectivity index (χ1) is 10.2. The van der Waals surface area contributed by atoms with Gasteiger partial charge in [0.2, 0.25) is 5.91 Å². The first-order valence-electron chi connectivity index (χ1n) is 8.23. The highest BCUT2D eigenvalue weighted by atomic mass is 16.1. The van der Waals surface area contributed by atoms with Gasteiger partial charge in [-0.15, -0.1) is 0 Å². The van der Waals surface area contributed by atoms with E-state index < -0.39 is 0 Å². The highest BCUT2D eigenvalue weighted by molar-refractivity contribution is 5.77. The van der Waals surface area contributed by atoms with E-state index in [1.165, 1.54) is 24.8 Å². The molecule has 0 heterocycles. The monoisotopic (exact) mass is 288 g/mol. The van der Waals surface area contributed by atoms with E-state index in [0.29, 0.717) is 13.0 Å². The van der Waals surface area contributed by atoms with Crippen molar-refractivity contribution in [2.45, 2.75) is 57.9 Å². The first kappa shape index (κ1) is 16.0. The van der Waals surface area contributed by atoms with Crippen LogP contribution in [0.15, 0.2) is 30.3 Å². The van der Waals surface area contributed by atoms with Crippen molar-refractivity contribution in [2.75, 3.05) is 6.54 Å². The van der Waals surface area contributed by atoms with Crippen LogP contribution in [0.2, 0.25) is 0 Å². The van der Waals surface area contributed by atoms with E-state index >= 15 is 0 Å².